The van der Waals surface area contributed by atoms with Crippen molar-refractivity contribution in [3.8, 4) is 5.88 Å². The molecular formula is C34H37N5O4. The third-order valence-electron chi connectivity index (χ3n) is 7.90. The highest BCUT2D eigenvalue weighted by molar-refractivity contribution is 5.95. The lowest BCUT2D eigenvalue weighted by atomic mass is 9.98. The Hall–Kier alpha value is -4.92. The molecule has 1 aliphatic heterocycles. The standard InChI is InChI=1S/C34H37N5O4/c1-24(40)38-18-10-15-30(38)32(41)39(22-25-11-6-4-7-12-25)34(2,3)33(42)35-17-16-27-20-36-29-21-37-31(19-28(27)29)43-23-26-13-8-5-9-14-26/h4-9,11-14,16-17,19-21,30,36H,10,15,18,22-23H2,1-3H3,(H,35,42). The zero-order valence-corrected chi connectivity index (χ0v) is 24.7. The van der Waals surface area contributed by atoms with Gasteiger partial charge in [-0.2, -0.15) is 0 Å². The highest BCUT2D eigenvalue weighted by Gasteiger charge is 2.43. The van der Waals surface area contributed by atoms with Gasteiger partial charge >= 0.3 is 0 Å². The quantitative estimate of drug-likeness (QED) is 0.274. The molecule has 9 heteroatoms. The van der Waals surface area contributed by atoms with Crippen LogP contribution >= 0.6 is 0 Å². The second-order valence-electron chi connectivity index (χ2n) is 11.2. The first-order valence-electron chi connectivity index (χ1n) is 14.5. The predicted molar refractivity (Wildman–Crippen MR) is 166 cm³/mol. The van der Waals surface area contributed by atoms with Gasteiger partial charge < -0.3 is 24.8 Å². The van der Waals surface area contributed by atoms with Crippen molar-refractivity contribution in [1.29, 1.82) is 0 Å². The minimum atomic E-state index is -1.20. The summed E-state index contributed by atoms with van der Waals surface area (Å²) in [5.74, 6) is -0.206. The number of hydrogen-bond acceptors (Lipinski definition) is 5. The monoisotopic (exact) mass is 579 g/mol. The van der Waals surface area contributed by atoms with E-state index in [1.807, 2.05) is 72.9 Å². The van der Waals surface area contributed by atoms with Gasteiger partial charge in [0.2, 0.25) is 23.6 Å². The number of H-pyrrole nitrogens is 1. The largest absolute Gasteiger partial charge is 0.473 e. The maximum absolute atomic E-state index is 13.9. The van der Waals surface area contributed by atoms with E-state index >= 15 is 0 Å². The Morgan fingerprint density at radius 3 is 2.49 bits per heavy atom. The zero-order valence-electron chi connectivity index (χ0n) is 24.7. The number of fused-ring (bicyclic) bond motifs is 1. The number of amides is 3. The number of aromatic amines is 1. The molecular weight excluding hydrogens is 542 g/mol. The van der Waals surface area contributed by atoms with E-state index in [4.69, 9.17) is 4.74 Å². The Balaban J connectivity index is 1.31. The number of likely N-dealkylation sites (tertiary alicyclic amines) is 1. The fraction of sp³-hybridized carbons (Fsp3) is 0.294. The predicted octanol–water partition coefficient (Wildman–Crippen LogP) is 5.05. The van der Waals surface area contributed by atoms with Crippen molar-refractivity contribution in [1.82, 2.24) is 25.1 Å². The molecule has 0 bridgehead atoms. The number of rotatable bonds is 10. The summed E-state index contributed by atoms with van der Waals surface area (Å²) < 4.78 is 5.89. The summed E-state index contributed by atoms with van der Waals surface area (Å²) in [5.41, 5.74) is 2.43. The smallest absolute Gasteiger partial charge is 0.249 e. The van der Waals surface area contributed by atoms with E-state index in [9.17, 15) is 14.4 Å². The lowest BCUT2D eigenvalue weighted by molar-refractivity contribution is -0.152. The fourth-order valence-electron chi connectivity index (χ4n) is 5.38. The molecule has 1 fully saturated rings. The Kier molecular flexibility index (Phi) is 8.90. The molecule has 43 heavy (non-hydrogen) atoms. The summed E-state index contributed by atoms with van der Waals surface area (Å²) in [6.45, 7) is 6.14. The van der Waals surface area contributed by atoms with E-state index in [0.29, 0.717) is 25.5 Å². The minimum Gasteiger partial charge on any atom is -0.473 e. The average molecular weight is 580 g/mol. The lowest BCUT2D eigenvalue weighted by Gasteiger charge is -2.40. The molecule has 2 aromatic heterocycles. The second-order valence-corrected chi connectivity index (χ2v) is 11.2. The molecule has 1 atom stereocenters. The summed E-state index contributed by atoms with van der Waals surface area (Å²) in [6.07, 6.45) is 8.27. The molecule has 0 spiro atoms. The molecule has 5 rings (SSSR count). The van der Waals surface area contributed by atoms with Gasteiger partial charge in [0.15, 0.2) is 0 Å². The van der Waals surface area contributed by atoms with Crippen molar-refractivity contribution in [3.05, 3.63) is 102 Å². The topological polar surface area (TPSA) is 108 Å². The Morgan fingerprint density at radius 1 is 1.09 bits per heavy atom. The number of nitrogens with zero attached hydrogens (tertiary/aromatic N) is 3. The van der Waals surface area contributed by atoms with Gasteiger partial charge in [0.1, 0.15) is 18.2 Å². The number of carbonyl (C=O) groups is 3. The van der Waals surface area contributed by atoms with Crippen molar-refractivity contribution in [3.63, 3.8) is 0 Å². The van der Waals surface area contributed by atoms with Crippen LogP contribution in [0.5, 0.6) is 5.88 Å². The number of pyridine rings is 1. The summed E-state index contributed by atoms with van der Waals surface area (Å²) in [5, 5.41) is 3.78. The number of hydrogen-bond donors (Lipinski definition) is 2. The zero-order chi connectivity index (χ0) is 30.4. The van der Waals surface area contributed by atoms with E-state index in [0.717, 1.165) is 34.0 Å². The van der Waals surface area contributed by atoms with Crippen LogP contribution in [0.15, 0.2) is 85.3 Å². The van der Waals surface area contributed by atoms with E-state index < -0.39 is 11.6 Å². The lowest BCUT2D eigenvalue weighted by Crippen LogP contribution is -2.59. The molecule has 4 aromatic rings. The second kappa shape index (κ2) is 12.9. The highest BCUT2D eigenvalue weighted by atomic mass is 16.5. The van der Waals surface area contributed by atoms with Gasteiger partial charge in [-0.3, -0.25) is 14.4 Å². The van der Waals surface area contributed by atoms with Crippen LogP contribution in [-0.2, 0) is 27.5 Å². The molecule has 1 unspecified atom stereocenters. The summed E-state index contributed by atoms with van der Waals surface area (Å²) >= 11 is 0. The van der Waals surface area contributed by atoms with Gasteiger partial charge in [0, 0.05) is 49.4 Å². The van der Waals surface area contributed by atoms with Gasteiger partial charge in [0.05, 0.1) is 11.7 Å². The first-order chi connectivity index (χ1) is 20.7. The molecule has 3 amide bonds. The first kappa shape index (κ1) is 29.6. The van der Waals surface area contributed by atoms with Crippen molar-refractivity contribution in [2.24, 2.45) is 0 Å². The van der Waals surface area contributed by atoms with Crippen molar-refractivity contribution < 1.29 is 19.1 Å². The molecule has 2 aromatic carbocycles. The number of ether oxygens (including phenoxy) is 1. The van der Waals surface area contributed by atoms with Gasteiger partial charge in [-0.1, -0.05) is 60.7 Å². The number of benzene rings is 2. The normalized spacial score (nSPS) is 15.1. The van der Waals surface area contributed by atoms with Gasteiger partial charge in [-0.05, 0) is 43.9 Å². The van der Waals surface area contributed by atoms with E-state index in [1.54, 1.807) is 42.1 Å². The van der Waals surface area contributed by atoms with Gasteiger partial charge in [0.25, 0.3) is 0 Å². The van der Waals surface area contributed by atoms with Crippen molar-refractivity contribution >= 4 is 34.7 Å². The molecule has 3 heterocycles. The Morgan fingerprint density at radius 2 is 1.79 bits per heavy atom. The van der Waals surface area contributed by atoms with Gasteiger partial charge in [-0.15, -0.1) is 0 Å². The molecule has 1 saturated heterocycles. The Labute approximate surface area is 251 Å². The van der Waals surface area contributed by atoms with Crippen LogP contribution in [0.3, 0.4) is 0 Å². The van der Waals surface area contributed by atoms with Crippen LogP contribution < -0.4 is 10.1 Å². The fourth-order valence-corrected chi connectivity index (χ4v) is 5.38. The maximum atomic E-state index is 13.9. The third-order valence-corrected chi connectivity index (χ3v) is 7.90. The molecule has 0 radical (unpaired) electrons. The average Bonchev–Trinajstić information content (AvgIpc) is 3.67. The summed E-state index contributed by atoms with van der Waals surface area (Å²) in [4.78, 5) is 50.6. The van der Waals surface area contributed by atoms with Crippen LogP contribution in [0.2, 0.25) is 0 Å². The van der Waals surface area contributed by atoms with Crippen LogP contribution in [0.25, 0.3) is 17.0 Å². The van der Waals surface area contributed by atoms with Crippen LogP contribution in [0, 0.1) is 0 Å². The van der Waals surface area contributed by atoms with Crippen LogP contribution in [-0.4, -0.2) is 55.6 Å². The molecule has 9 nitrogen and oxygen atoms in total. The van der Waals surface area contributed by atoms with E-state index in [1.165, 1.54) is 6.92 Å². The van der Waals surface area contributed by atoms with E-state index in [2.05, 4.69) is 15.3 Å². The van der Waals surface area contributed by atoms with E-state index in [-0.39, 0.29) is 24.3 Å². The van der Waals surface area contributed by atoms with Crippen molar-refractivity contribution in [2.75, 3.05) is 6.54 Å². The molecule has 0 aliphatic carbocycles. The molecule has 1 aliphatic rings. The minimum absolute atomic E-state index is 0.136. The summed E-state index contributed by atoms with van der Waals surface area (Å²) in [6, 6.07) is 20.7. The molecule has 0 saturated carbocycles. The number of carbonyl (C=O) groups excluding carboxylic acids is 3. The van der Waals surface area contributed by atoms with Crippen LogP contribution in [0.4, 0.5) is 0 Å². The molecule has 2 N–H and O–H groups in total. The SMILES string of the molecule is CC(=O)N1CCCC1C(=O)N(Cc1ccccc1)C(C)(C)C(=O)NC=Cc1c[nH]c2cnc(OCc3ccccc3)cc12. The highest BCUT2D eigenvalue weighted by Crippen LogP contribution is 2.27. The first-order valence-corrected chi connectivity index (χ1v) is 14.5. The third kappa shape index (κ3) is 6.77. The number of nitrogens with one attached hydrogen (secondary N) is 2. The summed E-state index contributed by atoms with van der Waals surface area (Å²) in [7, 11) is 0. The number of aromatic nitrogens is 2. The maximum Gasteiger partial charge on any atom is 0.249 e. The van der Waals surface area contributed by atoms with Crippen LogP contribution in [0.1, 0.15) is 50.3 Å². The van der Waals surface area contributed by atoms with Gasteiger partial charge in [-0.25, -0.2) is 4.98 Å². The van der Waals surface area contributed by atoms with Crippen molar-refractivity contribution in [2.45, 2.75) is 58.3 Å². The Bertz CT molecular complexity index is 1610. The molecule has 222 valence electrons.